The third-order valence-electron chi connectivity index (χ3n) is 1.01. The van der Waals surface area contributed by atoms with Gasteiger partial charge in [0, 0.05) is 6.04 Å². The molecule has 2 nitrogen and oxygen atoms in total. The Hall–Kier alpha value is -0.260. The molecule has 2 atom stereocenters. The molecule has 0 aromatic carbocycles. The summed E-state index contributed by atoms with van der Waals surface area (Å²) in [6.45, 7) is 0. The van der Waals surface area contributed by atoms with E-state index in [1.165, 1.54) is 0 Å². The molecule has 1 aliphatic carbocycles. The van der Waals surface area contributed by atoms with Gasteiger partial charge in [-0.1, -0.05) is 0 Å². The summed E-state index contributed by atoms with van der Waals surface area (Å²) in [6.07, 6.45) is 0.913. The Kier molecular flexibility index (Phi) is 2.07. The Morgan fingerprint density at radius 2 is 2.14 bits per heavy atom. The van der Waals surface area contributed by atoms with Crippen LogP contribution < -0.4 is 5.73 Å². The second kappa shape index (κ2) is 2.15. The zero-order chi connectivity index (χ0) is 4.57. The first kappa shape index (κ1) is 6.74. The lowest BCUT2D eigenvalue weighted by molar-refractivity contribution is 0.985. The van der Waals surface area contributed by atoms with E-state index < -0.39 is 0 Å². The van der Waals surface area contributed by atoms with E-state index in [0.717, 1.165) is 6.42 Å². The molecule has 0 spiro atoms. The lowest BCUT2D eigenvalue weighted by atomic mass is 10.5. The van der Waals surface area contributed by atoms with E-state index in [1.807, 2.05) is 0 Å². The van der Waals surface area contributed by atoms with Gasteiger partial charge in [0.1, 0.15) is 0 Å². The molecule has 0 aromatic heterocycles. The van der Waals surface area contributed by atoms with Crippen LogP contribution in [0.2, 0.25) is 0 Å². The van der Waals surface area contributed by atoms with E-state index in [2.05, 4.69) is 6.07 Å². The fourth-order valence-electron chi connectivity index (χ4n) is 0.363. The lowest BCUT2D eigenvalue weighted by Gasteiger charge is -1.67. The molecule has 40 valence electrons. The van der Waals surface area contributed by atoms with Gasteiger partial charge in [-0.05, 0) is 6.42 Å². The summed E-state index contributed by atoms with van der Waals surface area (Å²) in [5, 5.41) is 8.05. The first-order valence-corrected chi connectivity index (χ1v) is 2.00. The number of nitriles is 1. The summed E-state index contributed by atoms with van der Waals surface area (Å²) in [5.74, 6) is 0.185. The molecule has 0 aromatic rings. The van der Waals surface area contributed by atoms with Crippen molar-refractivity contribution < 1.29 is 0 Å². The van der Waals surface area contributed by atoms with Crippen LogP contribution in [0.5, 0.6) is 0 Å². The normalized spacial score (nSPS) is 35.4. The molecule has 1 fully saturated rings. The topological polar surface area (TPSA) is 49.8 Å². The van der Waals surface area contributed by atoms with E-state index in [0.29, 0.717) is 0 Å². The summed E-state index contributed by atoms with van der Waals surface area (Å²) in [4.78, 5) is 0. The molecular weight excluding hydrogens is 112 g/mol. The fourth-order valence-corrected chi connectivity index (χ4v) is 0.363. The molecule has 7 heavy (non-hydrogen) atoms. The number of rotatable bonds is 0. The van der Waals surface area contributed by atoms with Crippen LogP contribution in [0.25, 0.3) is 0 Å². The van der Waals surface area contributed by atoms with Crippen LogP contribution in [0.15, 0.2) is 0 Å². The smallest absolute Gasteiger partial charge is 0.0672 e. The molecule has 1 aliphatic rings. The summed E-state index contributed by atoms with van der Waals surface area (Å²) in [6, 6.07) is 2.27. The maximum atomic E-state index is 8.05. The number of halogens is 1. The highest BCUT2D eigenvalue weighted by molar-refractivity contribution is 5.85. The SMILES string of the molecule is Cl.N#CC1CC1N. The van der Waals surface area contributed by atoms with E-state index in [1.54, 1.807) is 0 Å². The maximum absolute atomic E-state index is 8.05. The largest absolute Gasteiger partial charge is 0.326 e. The van der Waals surface area contributed by atoms with Crippen molar-refractivity contribution in [3.63, 3.8) is 0 Å². The minimum absolute atomic E-state index is 0. The highest BCUT2D eigenvalue weighted by Crippen LogP contribution is 2.25. The molecule has 0 heterocycles. The number of hydrogen-bond donors (Lipinski definition) is 1. The van der Waals surface area contributed by atoms with Crippen LogP contribution in [-0.4, -0.2) is 6.04 Å². The summed E-state index contributed by atoms with van der Waals surface area (Å²) in [7, 11) is 0. The molecule has 1 saturated carbocycles. The van der Waals surface area contributed by atoms with Crippen molar-refractivity contribution in [2.45, 2.75) is 12.5 Å². The third kappa shape index (κ3) is 1.34. The average molecular weight is 119 g/mol. The lowest BCUT2D eigenvalue weighted by Crippen LogP contribution is -1.99. The highest BCUT2D eigenvalue weighted by atomic mass is 35.5. The van der Waals surface area contributed by atoms with Crippen LogP contribution >= 0.6 is 12.4 Å². The first-order valence-electron chi connectivity index (χ1n) is 2.00. The van der Waals surface area contributed by atoms with Crippen molar-refractivity contribution in [1.29, 1.82) is 5.26 Å². The summed E-state index contributed by atoms with van der Waals surface area (Å²) in [5.41, 5.74) is 5.25. The number of hydrogen-bond acceptors (Lipinski definition) is 2. The monoisotopic (exact) mass is 118 g/mol. The second-order valence-corrected chi connectivity index (χ2v) is 1.64. The van der Waals surface area contributed by atoms with Gasteiger partial charge in [0.2, 0.25) is 0 Å². The van der Waals surface area contributed by atoms with Gasteiger partial charge in [0.25, 0.3) is 0 Å². The van der Waals surface area contributed by atoms with Gasteiger partial charge in [-0.15, -0.1) is 12.4 Å². The van der Waals surface area contributed by atoms with Crippen LogP contribution in [-0.2, 0) is 0 Å². The molecule has 2 unspecified atom stereocenters. The molecule has 0 radical (unpaired) electrons. The van der Waals surface area contributed by atoms with E-state index >= 15 is 0 Å². The average Bonchev–Trinajstić information content (AvgIpc) is 2.19. The zero-order valence-electron chi connectivity index (χ0n) is 3.79. The van der Waals surface area contributed by atoms with Crippen molar-refractivity contribution in [3.8, 4) is 6.07 Å². The number of nitrogens with two attached hydrogens (primary N) is 1. The predicted octanol–water partition coefficient (Wildman–Crippen LogP) is 0.279. The molecule has 1 rings (SSSR count). The van der Waals surface area contributed by atoms with E-state index in [4.69, 9.17) is 11.0 Å². The highest BCUT2D eigenvalue weighted by Gasteiger charge is 2.32. The molecular formula is C4H7ClN2. The van der Waals surface area contributed by atoms with Crippen LogP contribution in [0, 0.1) is 17.2 Å². The van der Waals surface area contributed by atoms with Crippen molar-refractivity contribution in [2.24, 2.45) is 11.7 Å². The molecule has 0 saturated heterocycles. The van der Waals surface area contributed by atoms with Gasteiger partial charge >= 0.3 is 0 Å². The molecule has 3 heteroatoms. The van der Waals surface area contributed by atoms with Crippen LogP contribution in [0.4, 0.5) is 0 Å². The van der Waals surface area contributed by atoms with Gasteiger partial charge < -0.3 is 5.73 Å². The van der Waals surface area contributed by atoms with Crippen LogP contribution in [0.3, 0.4) is 0 Å². The molecule has 0 amide bonds. The fraction of sp³-hybridized carbons (Fsp3) is 0.750. The van der Waals surface area contributed by atoms with Gasteiger partial charge in [0.05, 0.1) is 12.0 Å². The Bertz CT molecular complexity index is 96.4. The molecule has 0 bridgehead atoms. The Morgan fingerprint density at radius 3 is 2.14 bits per heavy atom. The van der Waals surface area contributed by atoms with Gasteiger partial charge in [-0.3, -0.25) is 0 Å². The summed E-state index contributed by atoms with van der Waals surface area (Å²) >= 11 is 0. The Labute approximate surface area is 48.7 Å². The number of nitrogens with zero attached hydrogens (tertiary/aromatic N) is 1. The Balaban J connectivity index is 0.000000360. The zero-order valence-corrected chi connectivity index (χ0v) is 4.61. The van der Waals surface area contributed by atoms with Gasteiger partial charge in [-0.25, -0.2) is 0 Å². The first-order chi connectivity index (χ1) is 2.84. The van der Waals surface area contributed by atoms with Crippen molar-refractivity contribution >= 4 is 12.4 Å². The van der Waals surface area contributed by atoms with Gasteiger partial charge in [0.15, 0.2) is 0 Å². The maximum Gasteiger partial charge on any atom is 0.0672 e. The Morgan fingerprint density at radius 1 is 1.71 bits per heavy atom. The molecule has 2 N–H and O–H groups in total. The van der Waals surface area contributed by atoms with Crippen molar-refractivity contribution in [2.75, 3.05) is 0 Å². The van der Waals surface area contributed by atoms with Crippen molar-refractivity contribution in [1.82, 2.24) is 0 Å². The third-order valence-corrected chi connectivity index (χ3v) is 1.01. The van der Waals surface area contributed by atoms with Gasteiger partial charge in [-0.2, -0.15) is 5.26 Å². The van der Waals surface area contributed by atoms with E-state index in [-0.39, 0.29) is 24.4 Å². The predicted molar refractivity (Wildman–Crippen MR) is 28.9 cm³/mol. The van der Waals surface area contributed by atoms with Crippen molar-refractivity contribution in [3.05, 3.63) is 0 Å². The summed E-state index contributed by atoms with van der Waals surface area (Å²) < 4.78 is 0. The second-order valence-electron chi connectivity index (χ2n) is 1.64. The standard InChI is InChI=1S/C4H6N2.ClH/c5-2-3-1-4(3)6;/h3-4H,1,6H2;1H. The quantitative estimate of drug-likeness (QED) is 0.497. The molecule has 0 aliphatic heterocycles. The van der Waals surface area contributed by atoms with E-state index in [9.17, 15) is 0 Å². The minimum Gasteiger partial charge on any atom is -0.326 e. The minimum atomic E-state index is 0. The van der Waals surface area contributed by atoms with Crippen LogP contribution in [0.1, 0.15) is 6.42 Å².